The van der Waals surface area contributed by atoms with E-state index in [4.69, 9.17) is 16.3 Å². The summed E-state index contributed by atoms with van der Waals surface area (Å²) in [6.07, 6.45) is -4.00. The molecule has 2 aromatic carbocycles. The topological polar surface area (TPSA) is 70.7 Å². The molecule has 2 N–H and O–H groups in total. The van der Waals surface area contributed by atoms with Crippen LogP contribution in [0, 0.1) is 0 Å². The lowest BCUT2D eigenvalue weighted by Crippen LogP contribution is -2.41. The van der Waals surface area contributed by atoms with Gasteiger partial charge < -0.3 is 15.4 Å². The molecule has 0 saturated carbocycles. The lowest BCUT2D eigenvalue weighted by molar-refractivity contribution is -0.137. The van der Waals surface area contributed by atoms with Crippen LogP contribution in [0.3, 0.4) is 0 Å². The number of hydrogen-bond donors (Lipinski definition) is 2. The van der Waals surface area contributed by atoms with Crippen molar-refractivity contribution in [2.75, 3.05) is 32.1 Å². The van der Waals surface area contributed by atoms with Crippen molar-refractivity contribution in [3.8, 4) is 5.75 Å². The summed E-state index contributed by atoms with van der Waals surface area (Å²) in [4.78, 5) is 26.1. The summed E-state index contributed by atoms with van der Waals surface area (Å²) in [5.41, 5.74) is -0.166. The van der Waals surface area contributed by atoms with Crippen LogP contribution in [-0.2, 0) is 15.8 Å². The molecule has 6 nitrogen and oxygen atoms in total. The van der Waals surface area contributed by atoms with Crippen molar-refractivity contribution in [3.05, 3.63) is 58.6 Å². The van der Waals surface area contributed by atoms with E-state index in [1.807, 2.05) is 24.3 Å². The van der Waals surface area contributed by atoms with Gasteiger partial charge in [0.1, 0.15) is 5.75 Å². The maximum Gasteiger partial charge on any atom is 0.417 e. The fourth-order valence-electron chi connectivity index (χ4n) is 3.30. The third kappa shape index (κ3) is 6.11. The van der Waals surface area contributed by atoms with Crippen LogP contribution >= 0.6 is 11.6 Å². The highest BCUT2D eigenvalue weighted by Gasteiger charge is 2.33. The molecule has 31 heavy (non-hydrogen) atoms. The number of hydrogen-bond acceptors (Lipinski definition) is 4. The van der Waals surface area contributed by atoms with Gasteiger partial charge in [-0.15, -0.1) is 0 Å². The zero-order valence-corrected chi connectivity index (χ0v) is 17.4. The molecule has 1 heterocycles. The lowest BCUT2D eigenvalue weighted by Gasteiger charge is -2.27. The third-order valence-corrected chi connectivity index (χ3v) is 5.01. The van der Waals surface area contributed by atoms with Gasteiger partial charge in [-0.3, -0.25) is 14.5 Å². The van der Waals surface area contributed by atoms with Gasteiger partial charge in [0, 0.05) is 17.7 Å². The predicted molar refractivity (Wildman–Crippen MR) is 110 cm³/mol. The Bertz CT molecular complexity index is 968. The summed E-state index contributed by atoms with van der Waals surface area (Å²) >= 11 is 5.58. The van der Waals surface area contributed by atoms with E-state index >= 15 is 0 Å². The van der Waals surface area contributed by atoms with E-state index < -0.39 is 22.7 Å². The Kier molecular flexibility index (Phi) is 7.07. The SMILES string of the molecule is CN(CC(=O)Nc1ccc(Cl)c(C(F)(F)F)c1)CC(=O)N[C@H]1CCOc2ccccc21. The molecule has 1 aliphatic rings. The first-order chi connectivity index (χ1) is 14.6. The second-order valence-electron chi connectivity index (χ2n) is 7.21. The average Bonchev–Trinajstić information content (AvgIpc) is 2.68. The number of carbonyl (C=O) groups is 2. The summed E-state index contributed by atoms with van der Waals surface area (Å²) in [6.45, 7) is 0.254. The Morgan fingerprint density at radius 1 is 1.16 bits per heavy atom. The predicted octanol–water partition coefficient (Wildman–Crippen LogP) is 3.87. The van der Waals surface area contributed by atoms with Crippen molar-refractivity contribution >= 4 is 29.1 Å². The van der Waals surface area contributed by atoms with Crippen LogP contribution in [0.25, 0.3) is 0 Å². The van der Waals surface area contributed by atoms with Gasteiger partial charge >= 0.3 is 6.18 Å². The van der Waals surface area contributed by atoms with E-state index in [0.717, 1.165) is 23.4 Å². The van der Waals surface area contributed by atoms with Crippen molar-refractivity contribution in [2.24, 2.45) is 0 Å². The Labute approximate surface area is 182 Å². The van der Waals surface area contributed by atoms with E-state index in [1.165, 1.54) is 11.0 Å². The first kappa shape index (κ1) is 22.9. The van der Waals surface area contributed by atoms with Gasteiger partial charge in [-0.2, -0.15) is 13.2 Å². The highest BCUT2D eigenvalue weighted by atomic mass is 35.5. The number of fused-ring (bicyclic) bond motifs is 1. The normalized spacial score (nSPS) is 15.7. The molecule has 166 valence electrons. The van der Waals surface area contributed by atoms with Crippen molar-refractivity contribution in [1.29, 1.82) is 0 Å². The van der Waals surface area contributed by atoms with E-state index in [-0.39, 0.29) is 30.7 Å². The number of benzene rings is 2. The van der Waals surface area contributed by atoms with Crippen molar-refractivity contribution in [3.63, 3.8) is 0 Å². The van der Waals surface area contributed by atoms with Crippen LogP contribution < -0.4 is 15.4 Å². The highest BCUT2D eigenvalue weighted by molar-refractivity contribution is 6.31. The second-order valence-corrected chi connectivity index (χ2v) is 7.62. The minimum atomic E-state index is -4.63. The second kappa shape index (κ2) is 9.57. The van der Waals surface area contributed by atoms with E-state index in [2.05, 4.69) is 10.6 Å². The van der Waals surface area contributed by atoms with Gasteiger partial charge in [-0.25, -0.2) is 0 Å². The highest BCUT2D eigenvalue weighted by Crippen LogP contribution is 2.36. The Morgan fingerprint density at radius 2 is 1.87 bits per heavy atom. The van der Waals surface area contributed by atoms with Crippen molar-refractivity contribution < 1.29 is 27.5 Å². The zero-order chi connectivity index (χ0) is 22.6. The fraction of sp³-hybridized carbons (Fsp3) is 0.333. The maximum absolute atomic E-state index is 12.9. The molecule has 0 saturated heterocycles. The largest absolute Gasteiger partial charge is 0.493 e. The number of nitrogens with one attached hydrogen (secondary N) is 2. The summed E-state index contributed by atoms with van der Waals surface area (Å²) in [5, 5.41) is 4.87. The van der Waals surface area contributed by atoms with Gasteiger partial charge in [0.2, 0.25) is 11.8 Å². The Morgan fingerprint density at radius 3 is 2.61 bits per heavy atom. The van der Waals surface area contributed by atoms with Crippen molar-refractivity contribution in [2.45, 2.75) is 18.6 Å². The van der Waals surface area contributed by atoms with Crippen LogP contribution in [0.15, 0.2) is 42.5 Å². The summed E-state index contributed by atoms with van der Waals surface area (Å²) in [6, 6.07) is 10.4. The van der Waals surface area contributed by atoms with Crippen LogP contribution in [-0.4, -0.2) is 43.5 Å². The number of amides is 2. The van der Waals surface area contributed by atoms with Crippen LogP contribution in [0.2, 0.25) is 5.02 Å². The number of halogens is 4. The number of rotatable bonds is 6. The van der Waals surface area contributed by atoms with E-state index in [0.29, 0.717) is 13.0 Å². The Hall–Kier alpha value is -2.78. The minimum Gasteiger partial charge on any atom is -0.493 e. The molecule has 0 fully saturated rings. The van der Waals surface area contributed by atoms with Gasteiger partial charge in [0.25, 0.3) is 0 Å². The zero-order valence-electron chi connectivity index (χ0n) is 16.6. The number of alkyl halides is 3. The molecule has 0 bridgehead atoms. The van der Waals surface area contributed by atoms with Gasteiger partial charge in [0.15, 0.2) is 0 Å². The maximum atomic E-state index is 12.9. The monoisotopic (exact) mass is 455 g/mol. The molecule has 0 radical (unpaired) electrons. The summed E-state index contributed by atoms with van der Waals surface area (Å²) in [5.74, 6) is -0.0991. The molecule has 1 aliphatic heterocycles. The molecule has 10 heteroatoms. The number of ether oxygens (including phenoxy) is 1. The molecule has 0 spiro atoms. The molecule has 2 amide bonds. The number of nitrogens with zero attached hydrogens (tertiary/aromatic N) is 1. The quantitative estimate of drug-likeness (QED) is 0.693. The molecule has 1 atom stereocenters. The molecule has 3 rings (SSSR count). The van der Waals surface area contributed by atoms with E-state index in [9.17, 15) is 22.8 Å². The van der Waals surface area contributed by atoms with Gasteiger partial charge in [0.05, 0.1) is 36.3 Å². The first-order valence-electron chi connectivity index (χ1n) is 9.49. The number of carbonyl (C=O) groups excluding carboxylic acids is 2. The smallest absolute Gasteiger partial charge is 0.417 e. The van der Waals surface area contributed by atoms with Gasteiger partial charge in [-0.05, 0) is 31.3 Å². The number of para-hydroxylation sites is 1. The van der Waals surface area contributed by atoms with E-state index in [1.54, 1.807) is 7.05 Å². The van der Waals surface area contributed by atoms with Crippen LogP contribution in [0.5, 0.6) is 5.75 Å². The standard InChI is InChI=1S/C21H21ClF3N3O3/c1-28(11-19(29)26-13-6-7-16(22)15(10-13)21(23,24)25)12-20(30)27-17-8-9-31-18-5-3-2-4-14(17)18/h2-7,10,17H,8-9,11-12H2,1H3,(H,26,29)(H,27,30)/t17-/m0/s1. The summed E-state index contributed by atoms with van der Waals surface area (Å²) < 4.78 is 44.4. The average molecular weight is 456 g/mol. The molecule has 0 unspecified atom stereocenters. The molecular weight excluding hydrogens is 435 g/mol. The van der Waals surface area contributed by atoms with Gasteiger partial charge in [-0.1, -0.05) is 29.8 Å². The molecule has 0 aromatic heterocycles. The molecular formula is C21H21ClF3N3O3. The van der Waals surface area contributed by atoms with Crippen molar-refractivity contribution in [1.82, 2.24) is 10.2 Å². The number of anilines is 1. The minimum absolute atomic E-state index is 0.0293. The third-order valence-electron chi connectivity index (χ3n) is 4.68. The molecule has 0 aliphatic carbocycles. The molecule has 2 aromatic rings. The van der Waals surface area contributed by atoms with Crippen LogP contribution in [0.1, 0.15) is 23.6 Å². The summed E-state index contributed by atoms with van der Waals surface area (Å²) in [7, 11) is 1.57. The fourth-order valence-corrected chi connectivity index (χ4v) is 3.52. The lowest BCUT2D eigenvalue weighted by atomic mass is 10.0. The Balaban J connectivity index is 1.52. The number of likely N-dealkylation sites (N-methyl/N-ethyl adjacent to an activating group) is 1. The first-order valence-corrected chi connectivity index (χ1v) is 9.87. The van der Waals surface area contributed by atoms with Crippen LogP contribution in [0.4, 0.5) is 18.9 Å².